The Labute approximate surface area is 94.2 Å². The van der Waals surface area contributed by atoms with E-state index in [1.54, 1.807) is 0 Å². The molecule has 0 aromatic heterocycles. The van der Waals surface area contributed by atoms with Crippen molar-refractivity contribution < 1.29 is 0 Å². The van der Waals surface area contributed by atoms with Crippen molar-refractivity contribution in [2.24, 2.45) is 11.7 Å². The molecule has 2 atom stereocenters. The molecule has 88 valence electrons. The zero-order valence-electron chi connectivity index (χ0n) is 10.1. The van der Waals surface area contributed by atoms with Gasteiger partial charge in [-0.2, -0.15) is 0 Å². The van der Waals surface area contributed by atoms with E-state index in [0.29, 0.717) is 0 Å². The van der Waals surface area contributed by atoms with Crippen molar-refractivity contribution >= 4 is 0 Å². The smallest absolute Gasteiger partial charge is 0.0138 e. The molecular weight excluding hydrogens is 184 g/mol. The number of nitrogens with two attached hydrogens (primary N) is 1. The van der Waals surface area contributed by atoms with Gasteiger partial charge in [0, 0.05) is 12.1 Å². The average Bonchev–Trinajstić information content (AvgIpc) is 2.97. The van der Waals surface area contributed by atoms with Gasteiger partial charge in [-0.25, -0.2) is 0 Å². The summed E-state index contributed by atoms with van der Waals surface area (Å²) >= 11 is 0. The molecule has 15 heavy (non-hydrogen) atoms. The van der Waals surface area contributed by atoms with E-state index >= 15 is 0 Å². The lowest BCUT2D eigenvalue weighted by molar-refractivity contribution is 0.150. The third-order valence-corrected chi connectivity index (χ3v) is 4.13. The van der Waals surface area contributed by atoms with Gasteiger partial charge in [-0.15, -0.1) is 0 Å². The Morgan fingerprint density at radius 3 is 2.60 bits per heavy atom. The molecule has 0 bridgehead atoms. The lowest BCUT2D eigenvalue weighted by Crippen LogP contribution is -2.42. The van der Waals surface area contributed by atoms with E-state index in [0.717, 1.165) is 24.5 Å². The SMILES string of the molecule is CCCCN(C1CC1)C1CCCC1CN. The van der Waals surface area contributed by atoms with Crippen LogP contribution >= 0.6 is 0 Å². The van der Waals surface area contributed by atoms with Crippen molar-refractivity contribution in [1.29, 1.82) is 0 Å². The first-order valence-corrected chi connectivity index (χ1v) is 6.82. The van der Waals surface area contributed by atoms with Crippen molar-refractivity contribution in [3.63, 3.8) is 0 Å². The topological polar surface area (TPSA) is 29.3 Å². The fourth-order valence-electron chi connectivity index (χ4n) is 3.09. The second-order valence-corrected chi connectivity index (χ2v) is 5.32. The number of rotatable bonds is 6. The quantitative estimate of drug-likeness (QED) is 0.729. The van der Waals surface area contributed by atoms with E-state index in [1.165, 1.54) is 51.5 Å². The number of nitrogens with zero attached hydrogens (tertiary/aromatic N) is 1. The molecule has 2 aliphatic carbocycles. The fourth-order valence-corrected chi connectivity index (χ4v) is 3.09. The van der Waals surface area contributed by atoms with Gasteiger partial charge in [0.2, 0.25) is 0 Å². The second-order valence-electron chi connectivity index (χ2n) is 5.32. The van der Waals surface area contributed by atoms with Gasteiger partial charge in [0.25, 0.3) is 0 Å². The average molecular weight is 210 g/mol. The van der Waals surface area contributed by atoms with E-state index in [-0.39, 0.29) is 0 Å². The molecule has 0 aliphatic heterocycles. The van der Waals surface area contributed by atoms with Crippen molar-refractivity contribution in [2.75, 3.05) is 13.1 Å². The predicted molar refractivity (Wildman–Crippen MR) is 64.8 cm³/mol. The van der Waals surface area contributed by atoms with Crippen LogP contribution in [-0.2, 0) is 0 Å². The maximum absolute atomic E-state index is 5.88. The molecule has 0 aromatic carbocycles. The van der Waals surface area contributed by atoms with Crippen LogP contribution in [0.2, 0.25) is 0 Å². The molecule has 0 amide bonds. The summed E-state index contributed by atoms with van der Waals surface area (Å²) in [5.41, 5.74) is 5.88. The minimum atomic E-state index is 0.794. The monoisotopic (exact) mass is 210 g/mol. The number of unbranched alkanes of at least 4 members (excludes halogenated alkanes) is 1. The first kappa shape index (κ1) is 11.4. The van der Waals surface area contributed by atoms with Crippen molar-refractivity contribution in [1.82, 2.24) is 4.90 Å². The summed E-state index contributed by atoms with van der Waals surface area (Å²) in [6.45, 7) is 4.52. The van der Waals surface area contributed by atoms with E-state index in [4.69, 9.17) is 5.73 Å². The van der Waals surface area contributed by atoms with Crippen LogP contribution in [0.5, 0.6) is 0 Å². The van der Waals surface area contributed by atoms with E-state index in [2.05, 4.69) is 11.8 Å². The standard InChI is InChI=1S/C13H26N2/c1-2-3-9-15(12-7-8-12)13-6-4-5-11(13)10-14/h11-13H,2-10,14H2,1H3. The molecule has 2 saturated carbocycles. The Morgan fingerprint density at radius 1 is 1.20 bits per heavy atom. The summed E-state index contributed by atoms with van der Waals surface area (Å²) in [6.07, 6.45) is 9.75. The summed E-state index contributed by atoms with van der Waals surface area (Å²) in [4.78, 5) is 2.80. The van der Waals surface area contributed by atoms with Crippen LogP contribution in [-0.4, -0.2) is 30.1 Å². The normalized spacial score (nSPS) is 31.4. The summed E-state index contributed by atoms with van der Waals surface area (Å²) in [7, 11) is 0. The van der Waals surface area contributed by atoms with Crippen molar-refractivity contribution in [3.8, 4) is 0 Å². The van der Waals surface area contributed by atoms with Gasteiger partial charge < -0.3 is 5.73 Å². The third-order valence-electron chi connectivity index (χ3n) is 4.13. The summed E-state index contributed by atoms with van der Waals surface area (Å²) in [6, 6.07) is 1.75. The minimum absolute atomic E-state index is 0.794. The van der Waals surface area contributed by atoms with Crippen LogP contribution in [0.3, 0.4) is 0 Å². The lowest BCUT2D eigenvalue weighted by atomic mass is 10.0. The van der Waals surface area contributed by atoms with Gasteiger partial charge in [0.05, 0.1) is 0 Å². The minimum Gasteiger partial charge on any atom is -0.330 e. The summed E-state index contributed by atoms with van der Waals surface area (Å²) in [5.74, 6) is 0.794. The second kappa shape index (κ2) is 5.31. The van der Waals surface area contributed by atoms with Gasteiger partial charge >= 0.3 is 0 Å². The van der Waals surface area contributed by atoms with Gasteiger partial charge in [-0.1, -0.05) is 19.8 Å². The molecule has 0 radical (unpaired) electrons. The van der Waals surface area contributed by atoms with Crippen LogP contribution in [0.4, 0.5) is 0 Å². The van der Waals surface area contributed by atoms with Crippen LogP contribution in [0.15, 0.2) is 0 Å². The molecule has 0 spiro atoms. The third kappa shape index (κ3) is 2.73. The molecule has 2 fully saturated rings. The molecule has 0 aromatic rings. The largest absolute Gasteiger partial charge is 0.330 e. The van der Waals surface area contributed by atoms with Gasteiger partial charge in [-0.3, -0.25) is 4.90 Å². The maximum Gasteiger partial charge on any atom is 0.0138 e. The molecular formula is C13H26N2. The highest BCUT2D eigenvalue weighted by Crippen LogP contribution is 2.37. The molecule has 0 heterocycles. The van der Waals surface area contributed by atoms with E-state index < -0.39 is 0 Å². The summed E-state index contributed by atoms with van der Waals surface area (Å²) in [5, 5.41) is 0. The van der Waals surface area contributed by atoms with Crippen LogP contribution in [0.25, 0.3) is 0 Å². The Hall–Kier alpha value is -0.0800. The molecule has 2 heteroatoms. The fraction of sp³-hybridized carbons (Fsp3) is 1.00. The lowest BCUT2D eigenvalue weighted by Gasteiger charge is -2.32. The van der Waals surface area contributed by atoms with E-state index in [1.807, 2.05) is 0 Å². The zero-order valence-corrected chi connectivity index (χ0v) is 10.1. The van der Waals surface area contributed by atoms with Crippen LogP contribution in [0, 0.1) is 5.92 Å². The van der Waals surface area contributed by atoms with Gasteiger partial charge in [-0.05, 0) is 51.1 Å². The Kier molecular flexibility index (Phi) is 4.04. The first-order chi connectivity index (χ1) is 7.36. The highest BCUT2D eigenvalue weighted by atomic mass is 15.2. The maximum atomic E-state index is 5.88. The molecule has 2 aliphatic rings. The predicted octanol–water partition coefficient (Wildman–Crippen LogP) is 2.38. The Morgan fingerprint density at radius 2 is 2.00 bits per heavy atom. The Balaban J connectivity index is 1.90. The van der Waals surface area contributed by atoms with E-state index in [9.17, 15) is 0 Å². The van der Waals surface area contributed by atoms with Gasteiger partial charge in [0.1, 0.15) is 0 Å². The first-order valence-electron chi connectivity index (χ1n) is 6.82. The molecule has 2 unspecified atom stereocenters. The molecule has 2 N–H and O–H groups in total. The molecule has 0 saturated heterocycles. The zero-order chi connectivity index (χ0) is 10.7. The Bertz CT molecular complexity index is 189. The van der Waals surface area contributed by atoms with Crippen molar-refractivity contribution in [3.05, 3.63) is 0 Å². The van der Waals surface area contributed by atoms with Crippen LogP contribution in [0.1, 0.15) is 51.9 Å². The van der Waals surface area contributed by atoms with Crippen molar-refractivity contribution in [2.45, 2.75) is 64.0 Å². The highest BCUT2D eigenvalue weighted by molar-refractivity contribution is 4.94. The van der Waals surface area contributed by atoms with Crippen LogP contribution < -0.4 is 5.73 Å². The number of hydrogen-bond acceptors (Lipinski definition) is 2. The molecule has 2 rings (SSSR count). The molecule has 2 nitrogen and oxygen atoms in total. The van der Waals surface area contributed by atoms with Gasteiger partial charge in [0.15, 0.2) is 0 Å². The highest BCUT2D eigenvalue weighted by Gasteiger charge is 2.38. The summed E-state index contributed by atoms with van der Waals surface area (Å²) < 4.78 is 0. The number of hydrogen-bond donors (Lipinski definition) is 1.